The van der Waals surface area contributed by atoms with E-state index in [-0.39, 0.29) is 0 Å². The number of pyridine rings is 2. The van der Waals surface area contributed by atoms with Crippen LogP contribution in [0.15, 0.2) is 61.1 Å². The van der Waals surface area contributed by atoms with Crippen LogP contribution in [0.5, 0.6) is 5.75 Å². The highest BCUT2D eigenvalue weighted by Crippen LogP contribution is 2.29. The fourth-order valence-corrected chi connectivity index (χ4v) is 3.34. The van der Waals surface area contributed by atoms with Crippen molar-refractivity contribution in [3.8, 4) is 17.0 Å². The van der Waals surface area contributed by atoms with Crippen LogP contribution in [0.1, 0.15) is 18.9 Å². The molecule has 5 nitrogen and oxygen atoms in total. The van der Waals surface area contributed by atoms with E-state index in [1.165, 1.54) is 0 Å². The Morgan fingerprint density at radius 3 is 2.75 bits per heavy atom. The molecule has 0 spiro atoms. The normalized spacial score (nSPS) is 11.0. The molecule has 0 fully saturated rings. The van der Waals surface area contributed by atoms with Gasteiger partial charge in [0, 0.05) is 48.3 Å². The van der Waals surface area contributed by atoms with Crippen molar-refractivity contribution in [3.63, 3.8) is 0 Å². The average Bonchev–Trinajstić information content (AvgIpc) is 3.04. The Morgan fingerprint density at radius 2 is 2.00 bits per heavy atom. The number of fused-ring (bicyclic) bond motifs is 1. The number of ether oxygens (including phenoxy) is 1. The SMILES string of the molecule is CCCOc1ccc(Nc2cc3c(cn2)cc(-c2cccnc2)n3C)cc1C. The van der Waals surface area contributed by atoms with Crippen LogP contribution in [0.2, 0.25) is 0 Å². The van der Waals surface area contributed by atoms with Crippen molar-refractivity contribution in [3.05, 3.63) is 66.6 Å². The van der Waals surface area contributed by atoms with Gasteiger partial charge in [0.1, 0.15) is 11.6 Å². The molecule has 4 rings (SSSR count). The van der Waals surface area contributed by atoms with Gasteiger partial charge in [-0.25, -0.2) is 4.98 Å². The van der Waals surface area contributed by atoms with Crippen LogP contribution in [0.25, 0.3) is 22.2 Å². The smallest absolute Gasteiger partial charge is 0.132 e. The summed E-state index contributed by atoms with van der Waals surface area (Å²) < 4.78 is 7.93. The van der Waals surface area contributed by atoms with Gasteiger partial charge in [0.05, 0.1) is 17.8 Å². The van der Waals surface area contributed by atoms with Gasteiger partial charge in [0.2, 0.25) is 0 Å². The second-order valence-electron chi connectivity index (χ2n) is 6.91. The summed E-state index contributed by atoms with van der Waals surface area (Å²) in [5.41, 5.74) is 5.44. The molecule has 3 heterocycles. The fourth-order valence-electron chi connectivity index (χ4n) is 3.34. The molecule has 0 unspecified atom stereocenters. The summed E-state index contributed by atoms with van der Waals surface area (Å²) in [6, 6.07) is 14.4. The summed E-state index contributed by atoms with van der Waals surface area (Å²) in [5.74, 6) is 1.74. The van der Waals surface area contributed by atoms with E-state index < -0.39 is 0 Å². The zero-order valence-electron chi connectivity index (χ0n) is 16.4. The van der Waals surface area contributed by atoms with E-state index in [2.05, 4.69) is 65.0 Å². The molecule has 142 valence electrons. The highest BCUT2D eigenvalue weighted by atomic mass is 16.5. The van der Waals surface area contributed by atoms with E-state index in [9.17, 15) is 0 Å². The van der Waals surface area contributed by atoms with Crippen molar-refractivity contribution < 1.29 is 4.74 Å². The third-order valence-corrected chi connectivity index (χ3v) is 4.79. The molecule has 3 aromatic heterocycles. The number of hydrogen-bond donors (Lipinski definition) is 1. The van der Waals surface area contributed by atoms with Crippen molar-refractivity contribution in [1.29, 1.82) is 0 Å². The number of aromatic nitrogens is 3. The third-order valence-electron chi connectivity index (χ3n) is 4.79. The molecule has 1 aromatic carbocycles. The highest BCUT2D eigenvalue weighted by Gasteiger charge is 2.10. The first-order chi connectivity index (χ1) is 13.7. The first-order valence-electron chi connectivity index (χ1n) is 9.52. The zero-order valence-corrected chi connectivity index (χ0v) is 16.4. The summed E-state index contributed by atoms with van der Waals surface area (Å²) in [7, 11) is 2.07. The van der Waals surface area contributed by atoms with Gasteiger partial charge in [-0.05, 0) is 55.3 Å². The van der Waals surface area contributed by atoms with Crippen LogP contribution in [-0.4, -0.2) is 21.1 Å². The Kier molecular flexibility index (Phi) is 4.98. The number of nitrogens with one attached hydrogen (secondary N) is 1. The summed E-state index contributed by atoms with van der Waals surface area (Å²) in [6.07, 6.45) is 6.58. The van der Waals surface area contributed by atoms with E-state index in [1.54, 1.807) is 6.20 Å². The third kappa shape index (κ3) is 3.56. The largest absolute Gasteiger partial charge is 0.493 e. The number of benzene rings is 1. The number of aryl methyl sites for hydroxylation is 2. The minimum absolute atomic E-state index is 0.735. The molecule has 0 amide bonds. The van der Waals surface area contributed by atoms with Crippen LogP contribution < -0.4 is 10.1 Å². The Morgan fingerprint density at radius 1 is 1.11 bits per heavy atom. The van der Waals surface area contributed by atoms with Crippen molar-refractivity contribution in [2.24, 2.45) is 7.05 Å². The van der Waals surface area contributed by atoms with Crippen molar-refractivity contribution in [2.45, 2.75) is 20.3 Å². The molecule has 0 bridgehead atoms. The Labute approximate surface area is 165 Å². The molecule has 4 aromatic rings. The molecule has 0 saturated carbocycles. The Bertz CT molecular complexity index is 1100. The van der Waals surface area contributed by atoms with Crippen LogP contribution in [0.3, 0.4) is 0 Å². The number of anilines is 2. The summed E-state index contributed by atoms with van der Waals surface area (Å²) in [5, 5.41) is 4.51. The molecule has 5 heteroatoms. The quantitative estimate of drug-likeness (QED) is 0.487. The number of nitrogens with zero attached hydrogens (tertiary/aromatic N) is 3. The van der Waals surface area contributed by atoms with E-state index in [1.807, 2.05) is 30.6 Å². The number of hydrogen-bond acceptors (Lipinski definition) is 4. The summed E-state index contributed by atoms with van der Waals surface area (Å²) >= 11 is 0. The molecule has 0 saturated heterocycles. The van der Waals surface area contributed by atoms with Gasteiger partial charge in [0.15, 0.2) is 0 Å². The lowest BCUT2D eigenvalue weighted by Gasteiger charge is -2.11. The monoisotopic (exact) mass is 372 g/mol. The van der Waals surface area contributed by atoms with Crippen LogP contribution in [0.4, 0.5) is 11.5 Å². The molecule has 0 radical (unpaired) electrons. The maximum Gasteiger partial charge on any atom is 0.132 e. The molecule has 0 aliphatic rings. The molecule has 0 aliphatic heterocycles. The van der Waals surface area contributed by atoms with Crippen molar-refractivity contribution in [2.75, 3.05) is 11.9 Å². The van der Waals surface area contributed by atoms with Crippen LogP contribution in [-0.2, 0) is 7.05 Å². The molecule has 0 atom stereocenters. The van der Waals surface area contributed by atoms with E-state index >= 15 is 0 Å². The van der Waals surface area contributed by atoms with Gasteiger partial charge >= 0.3 is 0 Å². The van der Waals surface area contributed by atoms with E-state index in [0.29, 0.717) is 0 Å². The standard InChI is InChI=1S/C23H24N4O/c1-4-10-28-22-8-7-19(11-16(22)2)26-23-13-21-18(15-25-23)12-20(27(21)3)17-6-5-9-24-14-17/h5-9,11-15H,4,10H2,1-3H3,(H,25,26). The maximum absolute atomic E-state index is 5.76. The molecule has 0 aliphatic carbocycles. The highest BCUT2D eigenvalue weighted by molar-refractivity contribution is 5.88. The zero-order chi connectivity index (χ0) is 19.5. The second kappa shape index (κ2) is 7.72. The Hall–Kier alpha value is -3.34. The maximum atomic E-state index is 5.76. The van der Waals surface area contributed by atoms with Gasteiger partial charge < -0.3 is 14.6 Å². The first-order valence-corrected chi connectivity index (χ1v) is 9.52. The van der Waals surface area contributed by atoms with Gasteiger partial charge in [-0.3, -0.25) is 4.98 Å². The minimum atomic E-state index is 0.735. The summed E-state index contributed by atoms with van der Waals surface area (Å²) in [4.78, 5) is 8.81. The van der Waals surface area contributed by atoms with E-state index in [0.717, 1.165) is 58.0 Å². The Balaban J connectivity index is 1.62. The molecular weight excluding hydrogens is 348 g/mol. The predicted molar refractivity (Wildman–Crippen MR) is 114 cm³/mol. The fraction of sp³-hybridized carbons (Fsp3) is 0.217. The lowest BCUT2D eigenvalue weighted by atomic mass is 10.2. The van der Waals surface area contributed by atoms with Gasteiger partial charge in [-0.1, -0.05) is 6.92 Å². The topological polar surface area (TPSA) is 52.0 Å². The van der Waals surface area contributed by atoms with E-state index in [4.69, 9.17) is 4.74 Å². The molecule has 1 N–H and O–H groups in total. The molecular formula is C23H24N4O. The number of rotatable bonds is 6. The minimum Gasteiger partial charge on any atom is -0.493 e. The van der Waals surface area contributed by atoms with Crippen LogP contribution >= 0.6 is 0 Å². The second-order valence-corrected chi connectivity index (χ2v) is 6.91. The molecule has 28 heavy (non-hydrogen) atoms. The van der Waals surface area contributed by atoms with Crippen LogP contribution in [0, 0.1) is 6.92 Å². The van der Waals surface area contributed by atoms with Crippen molar-refractivity contribution in [1.82, 2.24) is 14.5 Å². The lowest BCUT2D eigenvalue weighted by Crippen LogP contribution is -1.99. The lowest BCUT2D eigenvalue weighted by molar-refractivity contribution is 0.315. The summed E-state index contributed by atoms with van der Waals surface area (Å²) in [6.45, 7) is 4.90. The van der Waals surface area contributed by atoms with Gasteiger partial charge in [0.25, 0.3) is 0 Å². The first kappa shape index (κ1) is 18.0. The predicted octanol–water partition coefficient (Wildman–Crippen LogP) is 5.48. The average molecular weight is 372 g/mol. The van der Waals surface area contributed by atoms with Crippen molar-refractivity contribution >= 4 is 22.4 Å². The van der Waals surface area contributed by atoms with Gasteiger partial charge in [-0.15, -0.1) is 0 Å². The van der Waals surface area contributed by atoms with Gasteiger partial charge in [-0.2, -0.15) is 0 Å².